The van der Waals surface area contributed by atoms with Crippen LogP contribution in [0.4, 0.5) is 17.1 Å². The van der Waals surface area contributed by atoms with Crippen LogP contribution in [0.3, 0.4) is 0 Å². The number of nitro benzene ring substituents is 2. The molecule has 0 aromatic heterocycles. The van der Waals surface area contributed by atoms with Crippen LogP contribution in [0.2, 0.25) is 0 Å². The molecule has 1 N–H and O–H groups in total. The molecule has 8 nitrogen and oxygen atoms in total. The van der Waals surface area contributed by atoms with E-state index in [1.807, 2.05) is 18.2 Å². The van der Waals surface area contributed by atoms with Crippen LogP contribution in [0, 0.1) is 20.2 Å². The number of hydrogen-bond donors (Lipinski definition) is 1. The molecular formula is C13H9BrN4O4. The van der Waals surface area contributed by atoms with Crippen molar-refractivity contribution in [3.63, 3.8) is 0 Å². The minimum atomic E-state index is -0.705. The summed E-state index contributed by atoms with van der Waals surface area (Å²) < 4.78 is 0.818. The molecule has 0 aliphatic rings. The number of nitro groups is 2. The van der Waals surface area contributed by atoms with Crippen molar-refractivity contribution >= 4 is 39.2 Å². The standard InChI is InChI=1S/C13H9BrN4O4/c14-11-4-2-1-3-9(11)8-15-16-12-6-5-10(17(19)20)7-13(12)18(21)22/h1-8,16H/b15-8-. The van der Waals surface area contributed by atoms with E-state index in [1.165, 1.54) is 18.3 Å². The van der Waals surface area contributed by atoms with Crippen molar-refractivity contribution in [1.82, 2.24) is 0 Å². The SMILES string of the molecule is O=[N+]([O-])c1ccc(N/N=C\c2ccccc2Br)c([N+](=O)[O-])c1. The van der Waals surface area contributed by atoms with E-state index in [9.17, 15) is 20.2 Å². The van der Waals surface area contributed by atoms with Gasteiger partial charge in [-0.05, 0) is 12.1 Å². The van der Waals surface area contributed by atoms with Gasteiger partial charge in [0.15, 0.2) is 0 Å². The highest BCUT2D eigenvalue weighted by atomic mass is 79.9. The van der Waals surface area contributed by atoms with E-state index in [0.717, 1.165) is 16.1 Å². The molecule has 0 aliphatic carbocycles. The highest BCUT2D eigenvalue weighted by Crippen LogP contribution is 2.28. The largest absolute Gasteiger partial charge is 0.301 e. The van der Waals surface area contributed by atoms with Gasteiger partial charge in [0.1, 0.15) is 5.69 Å². The van der Waals surface area contributed by atoms with Crippen molar-refractivity contribution in [3.8, 4) is 0 Å². The molecular weight excluding hydrogens is 356 g/mol. The normalized spacial score (nSPS) is 10.6. The van der Waals surface area contributed by atoms with Crippen LogP contribution in [0.1, 0.15) is 5.56 Å². The third-order valence-corrected chi connectivity index (χ3v) is 3.40. The van der Waals surface area contributed by atoms with Crippen LogP contribution in [0.5, 0.6) is 0 Å². The van der Waals surface area contributed by atoms with Crippen LogP contribution in [0.25, 0.3) is 0 Å². The van der Waals surface area contributed by atoms with Crippen LogP contribution >= 0.6 is 15.9 Å². The fourth-order valence-electron chi connectivity index (χ4n) is 1.63. The Morgan fingerprint density at radius 1 is 1.09 bits per heavy atom. The van der Waals surface area contributed by atoms with Crippen LogP contribution in [0.15, 0.2) is 52.0 Å². The van der Waals surface area contributed by atoms with E-state index in [2.05, 4.69) is 26.5 Å². The van der Waals surface area contributed by atoms with E-state index in [4.69, 9.17) is 0 Å². The van der Waals surface area contributed by atoms with Gasteiger partial charge in [-0.3, -0.25) is 25.7 Å². The molecule has 112 valence electrons. The first-order chi connectivity index (χ1) is 10.5. The second-order valence-electron chi connectivity index (χ2n) is 4.11. The summed E-state index contributed by atoms with van der Waals surface area (Å²) in [7, 11) is 0. The Morgan fingerprint density at radius 3 is 2.45 bits per heavy atom. The summed E-state index contributed by atoms with van der Waals surface area (Å²) in [5.41, 5.74) is 2.59. The van der Waals surface area contributed by atoms with Crippen molar-refractivity contribution in [3.05, 3.63) is 72.7 Å². The maximum Gasteiger partial charge on any atom is 0.301 e. The van der Waals surface area contributed by atoms with Gasteiger partial charge in [0.2, 0.25) is 0 Å². The Bertz CT molecular complexity index is 763. The number of benzene rings is 2. The molecule has 2 rings (SSSR count). The Kier molecular flexibility index (Phi) is 4.79. The van der Waals surface area contributed by atoms with Gasteiger partial charge in [0, 0.05) is 16.1 Å². The van der Waals surface area contributed by atoms with Gasteiger partial charge in [-0.15, -0.1) is 0 Å². The zero-order chi connectivity index (χ0) is 16.1. The lowest BCUT2D eigenvalue weighted by Crippen LogP contribution is -1.98. The van der Waals surface area contributed by atoms with Gasteiger partial charge in [0.05, 0.1) is 22.1 Å². The first-order valence-corrected chi connectivity index (χ1v) is 6.75. The summed E-state index contributed by atoms with van der Waals surface area (Å²) in [5.74, 6) is 0. The van der Waals surface area contributed by atoms with E-state index >= 15 is 0 Å². The maximum absolute atomic E-state index is 11.0. The van der Waals surface area contributed by atoms with Crippen molar-refractivity contribution in [1.29, 1.82) is 0 Å². The number of hydrogen-bond acceptors (Lipinski definition) is 6. The number of non-ortho nitro benzene ring substituents is 1. The van der Waals surface area contributed by atoms with Crippen LogP contribution in [-0.2, 0) is 0 Å². The number of anilines is 1. The van der Waals surface area contributed by atoms with Gasteiger partial charge in [0.25, 0.3) is 5.69 Å². The molecule has 0 atom stereocenters. The first kappa shape index (κ1) is 15.6. The quantitative estimate of drug-likeness (QED) is 0.493. The zero-order valence-corrected chi connectivity index (χ0v) is 12.6. The van der Waals surface area contributed by atoms with E-state index in [-0.39, 0.29) is 11.4 Å². The second-order valence-corrected chi connectivity index (χ2v) is 4.96. The molecule has 0 bridgehead atoms. The molecule has 0 spiro atoms. The lowest BCUT2D eigenvalue weighted by atomic mass is 10.2. The van der Waals surface area contributed by atoms with Gasteiger partial charge < -0.3 is 0 Å². The molecule has 0 aliphatic heterocycles. The number of rotatable bonds is 5. The summed E-state index contributed by atoms with van der Waals surface area (Å²) in [5, 5.41) is 25.5. The molecule has 0 saturated carbocycles. The fourth-order valence-corrected chi connectivity index (χ4v) is 2.02. The summed E-state index contributed by atoms with van der Waals surface area (Å²) in [6.07, 6.45) is 1.48. The van der Waals surface area contributed by atoms with Crippen LogP contribution in [-0.4, -0.2) is 16.1 Å². The van der Waals surface area contributed by atoms with Gasteiger partial charge >= 0.3 is 5.69 Å². The minimum absolute atomic E-state index is 0.0684. The molecule has 0 unspecified atom stereocenters. The van der Waals surface area contributed by atoms with E-state index in [1.54, 1.807) is 6.07 Å². The van der Waals surface area contributed by atoms with Gasteiger partial charge in [-0.25, -0.2) is 0 Å². The van der Waals surface area contributed by atoms with Crippen LogP contribution < -0.4 is 5.43 Å². The fraction of sp³-hybridized carbons (Fsp3) is 0. The monoisotopic (exact) mass is 364 g/mol. The summed E-state index contributed by atoms with van der Waals surface area (Å²) in [4.78, 5) is 20.2. The predicted molar refractivity (Wildman–Crippen MR) is 85.1 cm³/mol. The van der Waals surface area contributed by atoms with Crippen molar-refractivity contribution < 1.29 is 9.85 Å². The summed E-state index contributed by atoms with van der Waals surface area (Å²) in [6, 6.07) is 10.6. The molecule has 0 saturated heterocycles. The average Bonchev–Trinajstić information content (AvgIpc) is 2.49. The third kappa shape index (κ3) is 3.64. The van der Waals surface area contributed by atoms with Crippen molar-refractivity contribution in [2.24, 2.45) is 5.10 Å². The zero-order valence-electron chi connectivity index (χ0n) is 11.0. The molecule has 2 aromatic rings. The Balaban J connectivity index is 2.24. The highest BCUT2D eigenvalue weighted by Gasteiger charge is 2.18. The topological polar surface area (TPSA) is 111 Å². The first-order valence-electron chi connectivity index (χ1n) is 5.95. The molecule has 0 fully saturated rings. The maximum atomic E-state index is 11.0. The number of hydrazone groups is 1. The summed E-state index contributed by atoms with van der Waals surface area (Å²) >= 11 is 3.34. The van der Waals surface area contributed by atoms with E-state index in [0.29, 0.717) is 0 Å². The molecule has 0 heterocycles. The third-order valence-electron chi connectivity index (χ3n) is 2.68. The Hall–Kier alpha value is -2.81. The number of nitrogens with zero attached hydrogens (tertiary/aromatic N) is 3. The van der Waals surface area contributed by atoms with E-state index < -0.39 is 15.5 Å². The molecule has 2 aromatic carbocycles. The lowest BCUT2D eigenvalue weighted by Gasteiger charge is -2.02. The van der Waals surface area contributed by atoms with Crippen molar-refractivity contribution in [2.45, 2.75) is 0 Å². The molecule has 0 radical (unpaired) electrons. The lowest BCUT2D eigenvalue weighted by molar-refractivity contribution is -0.393. The van der Waals surface area contributed by atoms with Gasteiger partial charge in [-0.2, -0.15) is 5.10 Å². The summed E-state index contributed by atoms with van der Waals surface area (Å²) in [6.45, 7) is 0. The highest BCUT2D eigenvalue weighted by molar-refractivity contribution is 9.10. The predicted octanol–water partition coefficient (Wildman–Crippen LogP) is 3.71. The Labute approximate surface area is 132 Å². The molecule has 9 heteroatoms. The van der Waals surface area contributed by atoms with Gasteiger partial charge in [-0.1, -0.05) is 34.1 Å². The molecule has 22 heavy (non-hydrogen) atoms. The number of halogens is 1. The second kappa shape index (κ2) is 6.76. The Morgan fingerprint density at radius 2 is 1.82 bits per heavy atom. The average molecular weight is 365 g/mol. The minimum Gasteiger partial charge on any atom is -0.272 e. The number of nitrogens with one attached hydrogen (secondary N) is 1. The molecule has 0 amide bonds. The smallest absolute Gasteiger partial charge is 0.272 e. The van der Waals surface area contributed by atoms with Crippen molar-refractivity contribution in [2.75, 3.05) is 5.43 Å².